The van der Waals surface area contributed by atoms with Gasteiger partial charge in [0, 0.05) is 46.5 Å². The van der Waals surface area contributed by atoms with E-state index in [9.17, 15) is 13.2 Å². The van der Waals surface area contributed by atoms with E-state index in [-0.39, 0.29) is 23.2 Å². The van der Waals surface area contributed by atoms with E-state index >= 15 is 0 Å². The summed E-state index contributed by atoms with van der Waals surface area (Å²) in [7, 11) is 0.802. The standard InChI is InChI=1S/C27H39N7O3S/c1-7-14-38(36,37)32-24-13-12-22(18(4)29-24)23-15-19-16-28-27(31-25(19)34(17(2)3)26(23)35)30-20-8-10-21(11-9-20)33(5)6/h12-13,15-17,20-21H,7-11,14H2,1-6H3,(H,29,32)(H,28,30,31). The van der Waals surface area contributed by atoms with Crippen molar-refractivity contribution >= 4 is 32.8 Å². The number of anilines is 2. The summed E-state index contributed by atoms with van der Waals surface area (Å²) in [5.41, 5.74) is 2.09. The van der Waals surface area contributed by atoms with Gasteiger partial charge in [0.1, 0.15) is 11.5 Å². The Morgan fingerprint density at radius 2 is 1.82 bits per heavy atom. The Balaban J connectivity index is 1.66. The number of hydrogen-bond acceptors (Lipinski definition) is 8. The summed E-state index contributed by atoms with van der Waals surface area (Å²) in [5, 5.41) is 4.24. The van der Waals surface area contributed by atoms with Crippen LogP contribution >= 0.6 is 0 Å². The summed E-state index contributed by atoms with van der Waals surface area (Å²) in [6.45, 7) is 7.49. The van der Waals surface area contributed by atoms with Crippen molar-refractivity contribution in [2.75, 3.05) is 29.9 Å². The van der Waals surface area contributed by atoms with E-state index in [1.165, 1.54) is 0 Å². The van der Waals surface area contributed by atoms with Crippen molar-refractivity contribution in [3.63, 3.8) is 0 Å². The maximum Gasteiger partial charge on any atom is 0.260 e. The molecule has 0 aliphatic heterocycles. The molecule has 3 heterocycles. The summed E-state index contributed by atoms with van der Waals surface area (Å²) in [6, 6.07) is 5.92. The SMILES string of the molecule is CCCS(=O)(=O)Nc1ccc(-c2cc3cnc(NC4CCC(N(C)C)CC4)nc3n(C(C)C)c2=O)c(C)n1. The number of aryl methyl sites for hydroxylation is 1. The first-order valence-corrected chi connectivity index (χ1v) is 15.0. The van der Waals surface area contributed by atoms with E-state index in [4.69, 9.17) is 4.98 Å². The molecule has 0 aromatic carbocycles. The third-order valence-electron chi connectivity index (χ3n) is 7.16. The maximum absolute atomic E-state index is 13.7. The van der Waals surface area contributed by atoms with Crippen molar-refractivity contribution in [1.29, 1.82) is 0 Å². The van der Waals surface area contributed by atoms with Crippen molar-refractivity contribution in [1.82, 2.24) is 24.4 Å². The Hall–Kier alpha value is -3.05. The number of pyridine rings is 2. The zero-order valence-electron chi connectivity index (χ0n) is 23.2. The minimum absolute atomic E-state index is 0.0213. The van der Waals surface area contributed by atoms with E-state index in [1.54, 1.807) is 42.8 Å². The van der Waals surface area contributed by atoms with Crippen LogP contribution in [0.3, 0.4) is 0 Å². The number of nitrogens with one attached hydrogen (secondary N) is 2. The van der Waals surface area contributed by atoms with Gasteiger partial charge >= 0.3 is 0 Å². The van der Waals surface area contributed by atoms with Crippen LogP contribution in [-0.4, -0.2) is 64.8 Å². The highest BCUT2D eigenvalue weighted by Crippen LogP contribution is 2.27. The van der Waals surface area contributed by atoms with Gasteiger partial charge in [0.05, 0.1) is 5.75 Å². The van der Waals surface area contributed by atoms with Gasteiger partial charge in [-0.1, -0.05) is 6.92 Å². The summed E-state index contributed by atoms with van der Waals surface area (Å²) in [6.07, 6.45) is 6.63. The second-order valence-electron chi connectivity index (χ2n) is 10.7. The monoisotopic (exact) mass is 541 g/mol. The predicted octanol–water partition coefficient (Wildman–Crippen LogP) is 4.18. The molecule has 3 aromatic rings. The molecule has 11 heteroatoms. The van der Waals surface area contributed by atoms with E-state index in [0.29, 0.717) is 46.9 Å². The summed E-state index contributed by atoms with van der Waals surface area (Å²) >= 11 is 0. The molecule has 1 aliphatic carbocycles. The Kier molecular flexibility index (Phi) is 8.37. The van der Waals surface area contributed by atoms with E-state index in [1.807, 2.05) is 13.8 Å². The minimum Gasteiger partial charge on any atom is -0.351 e. The Morgan fingerprint density at radius 1 is 1.11 bits per heavy atom. The average molecular weight is 542 g/mol. The second kappa shape index (κ2) is 11.4. The molecule has 1 fully saturated rings. The van der Waals surface area contributed by atoms with Crippen LogP contribution in [0.1, 0.15) is 64.6 Å². The van der Waals surface area contributed by atoms with Crippen LogP contribution in [0.2, 0.25) is 0 Å². The molecule has 2 N–H and O–H groups in total. The number of sulfonamides is 1. The molecule has 0 spiro atoms. The first-order chi connectivity index (χ1) is 18.0. The summed E-state index contributed by atoms with van der Waals surface area (Å²) in [5.74, 6) is 0.797. The highest BCUT2D eigenvalue weighted by molar-refractivity contribution is 7.92. The quantitative estimate of drug-likeness (QED) is 0.414. The lowest BCUT2D eigenvalue weighted by Gasteiger charge is -2.33. The predicted molar refractivity (Wildman–Crippen MR) is 153 cm³/mol. The molecule has 1 aliphatic rings. The first-order valence-electron chi connectivity index (χ1n) is 13.3. The fourth-order valence-corrected chi connectivity index (χ4v) is 6.23. The summed E-state index contributed by atoms with van der Waals surface area (Å²) < 4.78 is 28.5. The van der Waals surface area contributed by atoms with Crippen molar-refractivity contribution in [2.24, 2.45) is 0 Å². The van der Waals surface area contributed by atoms with Crippen LogP contribution in [0.4, 0.5) is 11.8 Å². The maximum atomic E-state index is 13.7. The second-order valence-corrected chi connectivity index (χ2v) is 12.5. The van der Waals surface area contributed by atoms with Crippen LogP contribution in [0.25, 0.3) is 22.2 Å². The molecule has 38 heavy (non-hydrogen) atoms. The Bertz CT molecular complexity index is 1460. The van der Waals surface area contributed by atoms with Gasteiger partial charge in [-0.05, 0) is 85.2 Å². The third kappa shape index (κ3) is 6.15. The molecule has 206 valence electrons. The topological polar surface area (TPSA) is 122 Å². The highest BCUT2D eigenvalue weighted by Gasteiger charge is 2.23. The molecule has 0 radical (unpaired) electrons. The van der Waals surface area contributed by atoms with Crippen molar-refractivity contribution in [2.45, 2.75) is 77.9 Å². The van der Waals surface area contributed by atoms with Crippen LogP contribution < -0.4 is 15.6 Å². The van der Waals surface area contributed by atoms with Gasteiger partial charge in [-0.25, -0.2) is 18.4 Å². The average Bonchev–Trinajstić information content (AvgIpc) is 2.84. The molecule has 0 unspecified atom stereocenters. The zero-order valence-corrected chi connectivity index (χ0v) is 24.0. The van der Waals surface area contributed by atoms with Crippen molar-refractivity contribution in [3.05, 3.63) is 40.4 Å². The molecule has 1 saturated carbocycles. The molecule has 10 nitrogen and oxygen atoms in total. The van der Waals surface area contributed by atoms with Gasteiger partial charge in [-0.15, -0.1) is 0 Å². The van der Waals surface area contributed by atoms with E-state index in [0.717, 1.165) is 31.1 Å². The van der Waals surface area contributed by atoms with Crippen molar-refractivity contribution < 1.29 is 8.42 Å². The molecule has 4 rings (SSSR count). The lowest BCUT2D eigenvalue weighted by Crippen LogP contribution is -2.36. The first kappa shape index (κ1) is 28.0. The third-order valence-corrected chi connectivity index (χ3v) is 8.62. The van der Waals surface area contributed by atoms with Gasteiger partial charge < -0.3 is 10.2 Å². The molecule has 0 atom stereocenters. The van der Waals surface area contributed by atoms with Crippen LogP contribution in [-0.2, 0) is 10.0 Å². The molecule has 0 amide bonds. The normalized spacial score (nSPS) is 18.3. The van der Waals surface area contributed by atoms with Crippen LogP contribution in [0, 0.1) is 6.92 Å². The number of nitrogens with zero attached hydrogens (tertiary/aromatic N) is 5. The lowest BCUT2D eigenvalue weighted by molar-refractivity contribution is 0.221. The molecule has 0 saturated heterocycles. The fraction of sp³-hybridized carbons (Fsp3) is 0.556. The van der Waals surface area contributed by atoms with Crippen LogP contribution in [0.5, 0.6) is 0 Å². The number of hydrogen-bond donors (Lipinski definition) is 2. The minimum atomic E-state index is -3.46. The zero-order chi connectivity index (χ0) is 27.6. The van der Waals surface area contributed by atoms with Crippen LogP contribution in [0.15, 0.2) is 29.2 Å². The Morgan fingerprint density at radius 3 is 2.42 bits per heavy atom. The van der Waals surface area contributed by atoms with Gasteiger partial charge in [-0.3, -0.25) is 14.1 Å². The van der Waals surface area contributed by atoms with E-state index in [2.05, 4.69) is 39.0 Å². The van der Waals surface area contributed by atoms with Gasteiger partial charge in [0.2, 0.25) is 16.0 Å². The smallest absolute Gasteiger partial charge is 0.260 e. The highest BCUT2D eigenvalue weighted by atomic mass is 32.2. The summed E-state index contributed by atoms with van der Waals surface area (Å²) in [4.78, 5) is 29.8. The van der Waals surface area contributed by atoms with E-state index < -0.39 is 10.0 Å². The van der Waals surface area contributed by atoms with Gasteiger partial charge in [-0.2, -0.15) is 4.98 Å². The number of aromatic nitrogens is 4. The van der Waals surface area contributed by atoms with Crippen molar-refractivity contribution in [3.8, 4) is 11.1 Å². The largest absolute Gasteiger partial charge is 0.351 e. The lowest BCUT2D eigenvalue weighted by atomic mass is 9.91. The van der Waals surface area contributed by atoms with Gasteiger partial charge in [0.25, 0.3) is 5.56 Å². The number of rotatable bonds is 9. The van der Waals surface area contributed by atoms with Gasteiger partial charge in [0.15, 0.2) is 0 Å². The number of fused-ring (bicyclic) bond motifs is 1. The molecular weight excluding hydrogens is 502 g/mol. The fourth-order valence-electron chi connectivity index (χ4n) is 5.16. The molecule has 0 bridgehead atoms. The Labute approximate surface area is 225 Å². The molecule has 3 aromatic heterocycles. The molecular formula is C27H39N7O3S.